The van der Waals surface area contributed by atoms with Crippen LogP contribution in [0.4, 0.5) is 5.69 Å². The van der Waals surface area contributed by atoms with Crippen LogP contribution < -0.4 is 5.32 Å². The molecule has 0 aliphatic heterocycles. The number of imidazole rings is 1. The third-order valence-electron chi connectivity index (χ3n) is 5.91. The Morgan fingerprint density at radius 1 is 1.00 bits per heavy atom. The summed E-state index contributed by atoms with van der Waals surface area (Å²) in [4.78, 5) is 21.4. The number of hydrogen-bond acceptors (Lipinski definition) is 7. The topological polar surface area (TPSA) is 128 Å². The molecular weight excluding hydrogens is 440 g/mol. The van der Waals surface area contributed by atoms with Crippen LogP contribution in [0.3, 0.4) is 0 Å². The minimum Gasteiger partial charge on any atom is -0.374 e. The van der Waals surface area contributed by atoms with E-state index in [9.17, 15) is 5.11 Å². The Kier molecular flexibility index (Phi) is 5.16. The summed E-state index contributed by atoms with van der Waals surface area (Å²) in [6.45, 7) is 1.91. The number of pyridine rings is 3. The fourth-order valence-corrected chi connectivity index (χ4v) is 4.10. The molecule has 172 valence electrons. The number of aromatic amines is 2. The molecule has 0 fully saturated rings. The van der Waals surface area contributed by atoms with Crippen LogP contribution in [-0.4, -0.2) is 46.5 Å². The van der Waals surface area contributed by atoms with Gasteiger partial charge in [-0.05, 0) is 48.4 Å². The molecule has 1 aromatic carbocycles. The van der Waals surface area contributed by atoms with Gasteiger partial charge in [0, 0.05) is 35.1 Å². The van der Waals surface area contributed by atoms with Crippen LogP contribution in [0.1, 0.15) is 13.3 Å². The lowest BCUT2D eigenvalue weighted by Gasteiger charge is -2.12. The number of H-pyrrole nitrogens is 2. The Bertz CT molecular complexity index is 1640. The molecule has 0 saturated carbocycles. The van der Waals surface area contributed by atoms with Gasteiger partial charge in [0.05, 0.1) is 28.6 Å². The summed E-state index contributed by atoms with van der Waals surface area (Å²) in [5, 5.41) is 21.5. The van der Waals surface area contributed by atoms with Crippen molar-refractivity contribution in [2.24, 2.45) is 0 Å². The molecular formula is C26H22N8O. The molecule has 0 amide bonds. The van der Waals surface area contributed by atoms with E-state index in [1.165, 1.54) is 0 Å². The first-order chi connectivity index (χ1) is 17.2. The van der Waals surface area contributed by atoms with Crippen LogP contribution in [-0.2, 0) is 0 Å². The quantitative estimate of drug-likeness (QED) is 0.263. The largest absolute Gasteiger partial charge is 0.374 e. The van der Waals surface area contributed by atoms with Crippen molar-refractivity contribution in [1.82, 2.24) is 35.1 Å². The van der Waals surface area contributed by atoms with E-state index in [0.29, 0.717) is 23.6 Å². The summed E-state index contributed by atoms with van der Waals surface area (Å²) in [6, 6.07) is 15.8. The number of nitrogens with one attached hydrogen (secondary N) is 3. The minimum absolute atomic E-state index is 0.600. The van der Waals surface area contributed by atoms with Gasteiger partial charge in [-0.25, -0.2) is 9.97 Å². The normalized spacial score (nSPS) is 12.3. The first-order valence-corrected chi connectivity index (χ1v) is 11.3. The van der Waals surface area contributed by atoms with Crippen molar-refractivity contribution in [2.75, 3.05) is 5.32 Å². The van der Waals surface area contributed by atoms with E-state index < -0.39 is 6.23 Å². The highest BCUT2D eigenvalue weighted by atomic mass is 16.3. The van der Waals surface area contributed by atoms with E-state index in [1.807, 2.05) is 49.4 Å². The highest BCUT2D eigenvalue weighted by Crippen LogP contribution is 2.32. The molecule has 6 aromatic rings. The minimum atomic E-state index is -0.618. The molecule has 9 nitrogen and oxygen atoms in total. The van der Waals surface area contributed by atoms with Gasteiger partial charge in [0.1, 0.15) is 11.9 Å². The number of fused-ring (bicyclic) bond motifs is 2. The second kappa shape index (κ2) is 8.62. The van der Waals surface area contributed by atoms with Crippen LogP contribution in [0.5, 0.6) is 0 Å². The molecule has 35 heavy (non-hydrogen) atoms. The number of benzene rings is 1. The predicted octanol–water partition coefficient (Wildman–Crippen LogP) is 4.77. The van der Waals surface area contributed by atoms with Crippen molar-refractivity contribution in [2.45, 2.75) is 19.6 Å². The molecule has 0 saturated heterocycles. The summed E-state index contributed by atoms with van der Waals surface area (Å²) in [5.41, 5.74) is 7.45. The highest BCUT2D eigenvalue weighted by Gasteiger charge is 2.17. The van der Waals surface area contributed by atoms with Crippen LogP contribution in [0.15, 0.2) is 73.3 Å². The third-order valence-corrected chi connectivity index (χ3v) is 5.91. The molecule has 5 aromatic heterocycles. The number of nitrogens with zero attached hydrogens (tertiary/aromatic N) is 5. The molecule has 9 heteroatoms. The lowest BCUT2D eigenvalue weighted by atomic mass is 10.0. The van der Waals surface area contributed by atoms with Crippen LogP contribution in [0, 0.1) is 0 Å². The van der Waals surface area contributed by atoms with Gasteiger partial charge in [-0.3, -0.25) is 15.1 Å². The summed E-state index contributed by atoms with van der Waals surface area (Å²) >= 11 is 0. The fraction of sp³-hybridized carbons (Fsp3) is 0.115. The molecule has 1 atom stereocenters. The second-order valence-corrected chi connectivity index (χ2v) is 8.22. The zero-order valence-electron chi connectivity index (χ0n) is 18.9. The first kappa shape index (κ1) is 20.9. The van der Waals surface area contributed by atoms with Gasteiger partial charge in [0.2, 0.25) is 0 Å². The maximum atomic E-state index is 9.93. The number of rotatable bonds is 6. The van der Waals surface area contributed by atoms with Gasteiger partial charge in [-0.2, -0.15) is 5.10 Å². The number of aromatic nitrogens is 7. The third kappa shape index (κ3) is 3.87. The molecule has 0 radical (unpaired) electrons. The van der Waals surface area contributed by atoms with Crippen LogP contribution in [0.25, 0.3) is 56.0 Å². The Morgan fingerprint density at radius 2 is 1.94 bits per heavy atom. The van der Waals surface area contributed by atoms with Gasteiger partial charge in [-0.15, -0.1) is 0 Å². The second-order valence-electron chi connectivity index (χ2n) is 8.22. The fourth-order valence-electron chi connectivity index (χ4n) is 4.10. The summed E-state index contributed by atoms with van der Waals surface area (Å²) in [7, 11) is 0. The smallest absolute Gasteiger partial charge is 0.178 e. The van der Waals surface area contributed by atoms with E-state index >= 15 is 0 Å². The van der Waals surface area contributed by atoms with E-state index in [4.69, 9.17) is 4.98 Å². The van der Waals surface area contributed by atoms with Crippen LogP contribution >= 0.6 is 0 Å². The predicted molar refractivity (Wildman–Crippen MR) is 135 cm³/mol. The van der Waals surface area contributed by atoms with E-state index in [2.05, 4.69) is 41.5 Å². The summed E-state index contributed by atoms with van der Waals surface area (Å²) < 4.78 is 0. The van der Waals surface area contributed by atoms with Crippen molar-refractivity contribution in [3.8, 4) is 33.9 Å². The molecule has 4 N–H and O–H groups in total. The average molecular weight is 463 g/mol. The molecule has 0 aliphatic carbocycles. The maximum absolute atomic E-state index is 9.93. The van der Waals surface area contributed by atoms with Gasteiger partial charge in [0.25, 0.3) is 0 Å². The van der Waals surface area contributed by atoms with Crippen molar-refractivity contribution in [3.63, 3.8) is 0 Å². The standard InChI is InChI=1S/C26H22N8O/c1-2-22(35)30-17-11-16(13-27-14-17)15-6-7-21-19(12-15)24(34-33-21)26-31-23-18(8-10-29-25(23)32-26)20-5-3-4-9-28-20/h3-14,22,30,35H,2H2,1H3,(H,33,34)(H,29,31,32). The average Bonchev–Trinajstić information content (AvgIpc) is 3.53. The van der Waals surface area contributed by atoms with E-state index in [-0.39, 0.29) is 0 Å². The molecule has 1 unspecified atom stereocenters. The zero-order chi connectivity index (χ0) is 23.8. The van der Waals surface area contributed by atoms with Crippen molar-refractivity contribution in [1.29, 1.82) is 0 Å². The summed E-state index contributed by atoms with van der Waals surface area (Å²) in [6.07, 6.45) is 6.99. The van der Waals surface area contributed by atoms with Gasteiger partial charge >= 0.3 is 0 Å². The molecule has 0 bridgehead atoms. The van der Waals surface area contributed by atoms with E-state index in [0.717, 1.165) is 44.5 Å². The molecule has 0 aliphatic rings. The zero-order valence-corrected chi connectivity index (χ0v) is 18.9. The Balaban J connectivity index is 1.43. The Labute approximate surface area is 200 Å². The van der Waals surface area contributed by atoms with Gasteiger partial charge in [-0.1, -0.05) is 19.1 Å². The van der Waals surface area contributed by atoms with Crippen molar-refractivity contribution < 1.29 is 5.11 Å². The monoisotopic (exact) mass is 462 g/mol. The van der Waals surface area contributed by atoms with Crippen LogP contribution in [0.2, 0.25) is 0 Å². The van der Waals surface area contributed by atoms with Crippen molar-refractivity contribution in [3.05, 3.63) is 73.3 Å². The maximum Gasteiger partial charge on any atom is 0.178 e. The number of anilines is 1. The lowest BCUT2D eigenvalue weighted by Crippen LogP contribution is -2.16. The summed E-state index contributed by atoms with van der Waals surface area (Å²) in [5.74, 6) is 0.624. The highest BCUT2D eigenvalue weighted by molar-refractivity contribution is 5.97. The number of hydrogen-bond donors (Lipinski definition) is 4. The van der Waals surface area contributed by atoms with Gasteiger partial charge in [0.15, 0.2) is 11.5 Å². The Morgan fingerprint density at radius 3 is 2.80 bits per heavy atom. The SMILES string of the molecule is CCC(O)Nc1cncc(-c2ccc3[nH]nc(-c4nc5nccc(-c6ccccn6)c5[nH]4)c3c2)c1. The number of aliphatic hydroxyl groups excluding tert-OH is 1. The lowest BCUT2D eigenvalue weighted by molar-refractivity contribution is 0.199. The molecule has 5 heterocycles. The number of aliphatic hydroxyl groups is 1. The molecule has 6 rings (SSSR count). The first-order valence-electron chi connectivity index (χ1n) is 11.3. The van der Waals surface area contributed by atoms with Gasteiger partial charge < -0.3 is 15.4 Å². The van der Waals surface area contributed by atoms with E-state index in [1.54, 1.807) is 24.8 Å². The molecule has 0 spiro atoms. The van der Waals surface area contributed by atoms with Crippen molar-refractivity contribution >= 4 is 27.8 Å². The Hall–Kier alpha value is -4.63.